The summed E-state index contributed by atoms with van der Waals surface area (Å²) in [5.74, 6) is -1.27. The van der Waals surface area contributed by atoms with Crippen LogP contribution in [-0.2, 0) is 0 Å². The zero-order valence-corrected chi connectivity index (χ0v) is 12.3. The molecule has 1 aromatic carbocycles. The van der Waals surface area contributed by atoms with Crippen molar-refractivity contribution in [1.29, 1.82) is 0 Å². The summed E-state index contributed by atoms with van der Waals surface area (Å²) in [4.78, 5) is 23.9. The Hall–Kier alpha value is -2.11. The van der Waals surface area contributed by atoms with Crippen molar-refractivity contribution in [2.45, 2.75) is 33.1 Å². The lowest BCUT2D eigenvalue weighted by molar-refractivity contribution is -0.384. The third-order valence-corrected chi connectivity index (χ3v) is 4.11. The molecule has 1 aliphatic rings. The van der Waals surface area contributed by atoms with Crippen LogP contribution in [0.1, 0.15) is 43.5 Å². The first-order valence-corrected chi connectivity index (χ1v) is 7.07. The van der Waals surface area contributed by atoms with Crippen molar-refractivity contribution >= 4 is 17.3 Å². The summed E-state index contributed by atoms with van der Waals surface area (Å²) in [6.45, 7) is 5.81. The van der Waals surface area contributed by atoms with E-state index in [2.05, 4.69) is 13.8 Å². The van der Waals surface area contributed by atoms with Gasteiger partial charge < -0.3 is 10.0 Å². The summed E-state index contributed by atoms with van der Waals surface area (Å²) in [5, 5.41) is 20.5. The lowest BCUT2D eigenvalue weighted by atomic mass is 9.85. The molecule has 6 heteroatoms. The van der Waals surface area contributed by atoms with Gasteiger partial charge in [0.15, 0.2) is 0 Å². The van der Waals surface area contributed by atoms with Crippen molar-refractivity contribution in [3.05, 3.63) is 33.9 Å². The van der Waals surface area contributed by atoms with Gasteiger partial charge in [-0.2, -0.15) is 0 Å². The minimum atomic E-state index is -1.27. The molecule has 0 radical (unpaired) electrons. The number of rotatable bonds is 3. The van der Waals surface area contributed by atoms with Crippen molar-refractivity contribution in [1.82, 2.24) is 0 Å². The van der Waals surface area contributed by atoms with E-state index < -0.39 is 10.9 Å². The molecule has 0 aromatic heterocycles. The molecule has 114 valence electrons. The molecular formula is C15H20N2O4. The van der Waals surface area contributed by atoms with E-state index in [0.717, 1.165) is 19.3 Å². The van der Waals surface area contributed by atoms with Crippen molar-refractivity contribution in [3.8, 4) is 0 Å². The average Bonchev–Trinajstić information content (AvgIpc) is 2.58. The van der Waals surface area contributed by atoms with Crippen LogP contribution < -0.4 is 4.90 Å². The third kappa shape index (κ3) is 3.32. The summed E-state index contributed by atoms with van der Waals surface area (Å²) in [6, 6.07) is 4.50. The van der Waals surface area contributed by atoms with E-state index in [1.54, 1.807) is 12.1 Å². The average molecular weight is 292 g/mol. The van der Waals surface area contributed by atoms with Crippen LogP contribution in [0, 0.1) is 15.5 Å². The van der Waals surface area contributed by atoms with Crippen LogP contribution in [0.15, 0.2) is 18.2 Å². The minimum absolute atomic E-state index is 0.216. The van der Waals surface area contributed by atoms with Gasteiger partial charge in [0.05, 0.1) is 4.92 Å². The fourth-order valence-corrected chi connectivity index (χ4v) is 2.81. The first-order valence-electron chi connectivity index (χ1n) is 7.07. The molecule has 0 amide bonds. The van der Waals surface area contributed by atoms with Crippen LogP contribution in [0.5, 0.6) is 0 Å². The van der Waals surface area contributed by atoms with E-state index in [1.165, 1.54) is 6.07 Å². The number of benzene rings is 1. The normalized spacial score (nSPS) is 18.1. The zero-order chi connectivity index (χ0) is 15.6. The highest BCUT2D eigenvalue weighted by molar-refractivity contribution is 5.95. The molecule has 1 saturated heterocycles. The Bertz CT molecular complexity index is 569. The van der Waals surface area contributed by atoms with E-state index in [0.29, 0.717) is 18.8 Å². The standard InChI is InChI=1S/C15H20N2O4/c1-15(2)7-4-9-16(10-8-15)12-6-3-5-11(14(18)19)13(12)17(20)21/h3,5-6H,4,7-10H2,1-2H3,(H,18,19). The number of nitro benzene ring substituents is 1. The number of para-hydroxylation sites is 1. The van der Waals surface area contributed by atoms with Gasteiger partial charge in [-0.3, -0.25) is 10.1 Å². The number of nitrogens with zero attached hydrogens (tertiary/aromatic N) is 2. The summed E-state index contributed by atoms with van der Waals surface area (Å²) >= 11 is 0. The number of nitro groups is 1. The SMILES string of the molecule is CC1(C)CCCN(c2cccc(C(=O)O)c2[N+](=O)[O-])CC1. The number of aromatic carboxylic acids is 1. The molecule has 0 aliphatic carbocycles. The Kier molecular flexibility index (Phi) is 4.16. The number of hydrogen-bond donors (Lipinski definition) is 1. The Morgan fingerprint density at radius 2 is 2.05 bits per heavy atom. The van der Waals surface area contributed by atoms with Crippen molar-refractivity contribution in [3.63, 3.8) is 0 Å². The van der Waals surface area contributed by atoms with Crippen LogP contribution in [0.2, 0.25) is 0 Å². The Labute approximate surface area is 123 Å². The fourth-order valence-electron chi connectivity index (χ4n) is 2.81. The van der Waals surface area contributed by atoms with Gasteiger partial charge >= 0.3 is 11.7 Å². The van der Waals surface area contributed by atoms with Crippen LogP contribution in [0.25, 0.3) is 0 Å². The van der Waals surface area contributed by atoms with E-state index in [9.17, 15) is 14.9 Å². The van der Waals surface area contributed by atoms with Gasteiger partial charge in [0.1, 0.15) is 11.3 Å². The zero-order valence-electron chi connectivity index (χ0n) is 12.3. The maximum Gasteiger partial charge on any atom is 0.342 e. The van der Waals surface area contributed by atoms with Crippen LogP contribution in [-0.4, -0.2) is 29.1 Å². The number of carboxylic acids is 1. The Balaban J connectivity index is 2.41. The second-order valence-electron chi connectivity index (χ2n) is 6.24. The minimum Gasteiger partial charge on any atom is -0.477 e. The Morgan fingerprint density at radius 3 is 2.67 bits per heavy atom. The van der Waals surface area contributed by atoms with Gasteiger partial charge in [0.25, 0.3) is 0 Å². The van der Waals surface area contributed by atoms with Crippen molar-refractivity contribution in [2.24, 2.45) is 5.41 Å². The predicted molar refractivity (Wildman–Crippen MR) is 79.9 cm³/mol. The molecule has 0 saturated carbocycles. The van der Waals surface area contributed by atoms with Gasteiger partial charge in [0.2, 0.25) is 0 Å². The second kappa shape index (κ2) is 5.71. The molecule has 0 unspecified atom stereocenters. The first-order chi connectivity index (χ1) is 9.82. The molecule has 0 atom stereocenters. The number of carboxylic acid groups (broad SMARTS) is 1. The van der Waals surface area contributed by atoms with Gasteiger partial charge in [-0.1, -0.05) is 19.9 Å². The summed E-state index contributed by atoms with van der Waals surface area (Å²) < 4.78 is 0. The first kappa shape index (κ1) is 15.3. The molecule has 2 rings (SSSR count). The lowest BCUT2D eigenvalue weighted by Gasteiger charge is -2.24. The Morgan fingerprint density at radius 1 is 1.33 bits per heavy atom. The smallest absolute Gasteiger partial charge is 0.342 e. The predicted octanol–water partition coefficient (Wildman–Crippen LogP) is 3.31. The van der Waals surface area contributed by atoms with Gasteiger partial charge in [-0.15, -0.1) is 0 Å². The van der Waals surface area contributed by atoms with E-state index in [4.69, 9.17) is 5.11 Å². The van der Waals surface area contributed by atoms with E-state index >= 15 is 0 Å². The maximum absolute atomic E-state index is 11.3. The molecule has 1 aliphatic heterocycles. The number of carbonyl (C=O) groups is 1. The number of hydrogen-bond acceptors (Lipinski definition) is 4. The van der Waals surface area contributed by atoms with Crippen LogP contribution in [0.4, 0.5) is 11.4 Å². The molecule has 1 fully saturated rings. The highest BCUT2D eigenvalue weighted by atomic mass is 16.6. The largest absolute Gasteiger partial charge is 0.477 e. The molecule has 21 heavy (non-hydrogen) atoms. The molecule has 1 heterocycles. The molecule has 1 N–H and O–H groups in total. The molecule has 1 aromatic rings. The summed E-state index contributed by atoms with van der Waals surface area (Å²) in [7, 11) is 0. The monoisotopic (exact) mass is 292 g/mol. The second-order valence-corrected chi connectivity index (χ2v) is 6.24. The van der Waals surface area contributed by atoms with Gasteiger partial charge in [0, 0.05) is 13.1 Å². The fraction of sp³-hybridized carbons (Fsp3) is 0.533. The number of anilines is 1. The molecule has 0 bridgehead atoms. The highest BCUT2D eigenvalue weighted by Gasteiger charge is 2.30. The quantitative estimate of drug-likeness (QED) is 0.682. The van der Waals surface area contributed by atoms with Crippen molar-refractivity contribution < 1.29 is 14.8 Å². The third-order valence-electron chi connectivity index (χ3n) is 4.11. The van der Waals surface area contributed by atoms with Crippen LogP contribution in [0.3, 0.4) is 0 Å². The maximum atomic E-state index is 11.3. The molecular weight excluding hydrogens is 272 g/mol. The van der Waals surface area contributed by atoms with Crippen LogP contribution >= 0.6 is 0 Å². The topological polar surface area (TPSA) is 83.7 Å². The molecule has 0 spiro atoms. The van der Waals surface area contributed by atoms with Crippen molar-refractivity contribution in [2.75, 3.05) is 18.0 Å². The van der Waals surface area contributed by atoms with E-state index in [1.807, 2.05) is 4.90 Å². The molecule has 6 nitrogen and oxygen atoms in total. The van der Waals surface area contributed by atoms with Gasteiger partial charge in [-0.25, -0.2) is 4.79 Å². The van der Waals surface area contributed by atoms with Gasteiger partial charge in [-0.05, 0) is 36.8 Å². The lowest BCUT2D eigenvalue weighted by Crippen LogP contribution is -2.26. The highest BCUT2D eigenvalue weighted by Crippen LogP contribution is 2.36. The summed E-state index contributed by atoms with van der Waals surface area (Å²) in [6.07, 6.45) is 2.94. The van der Waals surface area contributed by atoms with E-state index in [-0.39, 0.29) is 16.7 Å². The summed E-state index contributed by atoms with van der Waals surface area (Å²) in [5.41, 5.74) is 0.0804.